The predicted molar refractivity (Wildman–Crippen MR) is 54.4 cm³/mol. The van der Waals surface area contributed by atoms with Crippen molar-refractivity contribution in [3.8, 4) is 5.75 Å². The number of rotatable bonds is 3. The van der Waals surface area contributed by atoms with Crippen molar-refractivity contribution < 1.29 is 4.74 Å². The van der Waals surface area contributed by atoms with Crippen LogP contribution in [0.5, 0.6) is 5.75 Å². The number of methoxy groups -OCH3 is 1. The molecule has 0 unspecified atom stereocenters. The summed E-state index contributed by atoms with van der Waals surface area (Å²) < 4.78 is 5.09. The van der Waals surface area contributed by atoms with Crippen LogP contribution >= 0.6 is 23.4 Å². The van der Waals surface area contributed by atoms with Crippen LogP contribution in [0, 0.1) is 0 Å². The van der Waals surface area contributed by atoms with Crippen molar-refractivity contribution in [1.29, 1.82) is 0 Å². The van der Waals surface area contributed by atoms with Crippen LogP contribution in [-0.4, -0.2) is 12.9 Å². The SMILES string of the molecule is CCSc1cccc(OC)c1Cl. The Morgan fingerprint density at radius 3 is 2.83 bits per heavy atom. The van der Waals surface area contributed by atoms with Crippen LogP contribution < -0.4 is 4.74 Å². The van der Waals surface area contributed by atoms with Crippen LogP contribution in [0.2, 0.25) is 5.02 Å². The lowest BCUT2D eigenvalue weighted by Crippen LogP contribution is -1.85. The molecule has 0 saturated heterocycles. The van der Waals surface area contributed by atoms with Gasteiger partial charge in [0.1, 0.15) is 5.75 Å². The Labute approximate surface area is 82.1 Å². The maximum atomic E-state index is 6.04. The van der Waals surface area contributed by atoms with Gasteiger partial charge in [-0.2, -0.15) is 0 Å². The molecule has 0 saturated carbocycles. The van der Waals surface area contributed by atoms with Crippen LogP contribution in [0.25, 0.3) is 0 Å². The van der Waals surface area contributed by atoms with E-state index in [0.717, 1.165) is 16.4 Å². The Balaban J connectivity index is 2.97. The molecule has 0 amide bonds. The Morgan fingerprint density at radius 2 is 2.25 bits per heavy atom. The minimum atomic E-state index is 0.715. The lowest BCUT2D eigenvalue weighted by atomic mass is 10.3. The third kappa shape index (κ3) is 2.08. The fourth-order valence-electron chi connectivity index (χ4n) is 0.915. The van der Waals surface area contributed by atoms with Crippen LogP contribution in [-0.2, 0) is 0 Å². The van der Waals surface area contributed by atoms with Crippen molar-refractivity contribution in [2.75, 3.05) is 12.9 Å². The van der Waals surface area contributed by atoms with Crippen molar-refractivity contribution in [3.05, 3.63) is 23.2 Å². The van der Waals surface area contributed by atoms with E-state index in [2.05, 4.69) is 6.92 Å². The van der Waals surface area contributed by atoms with Gasteiger partial charge in [-0.15, -0.1) is 11.8 Å². The molecule has 0 aliphatic carbocycles. The highest BCUT2D eigenvalue weighted by atomic mass is 35.5. The van der Waals surface area contributed by atoms with Gasteiger partial charge in [0.25, 0.3) is 0 Å². The van der Waals surface area contributed by atoms with Crippen molar-refractivity contribution in [1.82, 2.24) is 0 Å². The third-order valence-corrected chi connectivity index (χ3v) is 2.89. The zero-order valence-electron chi connectivity index (χ0n) is 7.13. The molecule has 3 heteroatoms. The molecule has 0 bridgehead atoms. The normalized spacial score (nSPS) is 9.92. The first-order valence-electron chi connectivity index (χ1n) is 3.75. The largest absolute Gasteiger partial charge is 0.495 e. The number of ether oxygens (including phenoxy) is 1. The molecule has 0 heterocycles. The quantitative estimate of drug-likeness (QED) is 0.695. The van der Waals surface area contributed by atoms with Crippen LogP contribution in [0.4, 0.5) is 0 Å². The van der Waals surface area contributed by atoms with Gasteiger partial charge < -0.3 is 4.74 Å². The monoisotopic (exact) mass is 202 g/mol. The Hall–Kier alpha value is -0.340. The Bertz CT molecular complexity index is 263. The van der Waals surface area contributed by atoms with E-state index in [-0.39, 0.29) is 0 Å². The minimum absolute atomic E-state index is 0.715. The van der Waals surface area contributed by atoms with E-state index >= 15 is 0 Å². The number of thioether (sulfide) groups is 1. The number of halogens is 1. The predicted octanol–water partition coefficient (Wildman–Crippen LogP) is 3.46. The summed E-state index contributed by atoms with van der Waals surface area (Å²) in [7, 11) is 1.63. The van der Waals surface area contributed by atoms with Gasteiger partial charge in [0.05, 0.1) is 12.1 Å². The molecular formula is C9H11ClOS. The van der Waals surface area contributed by atoms with Crippen LogP contribution in [0.1, 0.15) is 6.92 Å². The molecule has 0 aliphatic heterocycles. The molecule has 0 atom stereocenters. The molecule has 1 aromatic carbocycles. The molecule has 1 aromatic rings. The first-order valence-corrected chi connectivity index (χ1v) is 5.11. The molecular weight excluding hydrogens is 192 g/mol. The van der Waals surface area contributed by atoms with E-state index < -0.39 is 0 Å². The fraction of sp³-hybridized carbons (Fsp3) is 0.333. The van der Waals surface area contributed by atoms with Gasteiger partial charge >= 0.3 is 0 Å². The average Bonchev–Trinajstić information content (AvgIpc) is 2.09. The molecule has 0 fully saturated rings. The second-order valence-corrected chi connectivity index (χ2v) is 3.89. The first-order chi connectivity index (χ1) is 5.79. The highest BCUT2D eigenvalue weighted by Gasteiger charge is 2.04. The van der Waals surface area contributed by atoms with Gasteiger partial charge in [0.15, 0.2) is 0 Å². The van der Waals surface area contributed by atoms with E-state index in [1.54, 1.807) is 18.9 Å². The summed E-state index contributed by atoms with van der Waals surface area (Å²) in [4.78, 5) is 1.08. The summed E-state index contributed by atoms with van der Waals surface area (Å²) in [5.41, 5.74) is 0. The molecule has 66 valence electrons. The summed E-state index contributed by atoms with van der Waals surface area (Å²) >= 11 is 7.76. The molecule has 0 spiro atoms. The van der Waals surface area contributed by atoms with E-state index in [4.69, 9.17) is 16.3 Å². The zero-order chi connectivity index (χ0) is 8.97. The molecule has 1 rings (SSSR count). The second kappa shape index (κ2) is 4.63. The molecule has 0 N–H and O–H groups in total. The van der Waals surface area contributed by atoms with Crippen LogP contribution in [0.15, 0.2) is 23.1 Å². The van der Waals surface area contributed by atoms with Gasteiger partial charge in [-0.25, -0.2) is 0 Å². The van der Waals surface area contributed by atoms with Crippen molar-refractivity contribution >= 4 is 23.4 Å². The number of hydrogen-bond donors (Lipinski definition) is 0. The highest BCUT2D eigenvalue weighted by Crippen LogP contribution is 2.34. The smallest absolute Gasteiger partial charge is 0.138 e. The molecule has 0 aromatic heterocycles. The summed E-state index contributed by atoms with van der Waals surface area (Å²) in [5, 5.41) is 0.715. The van der Waals surface area contributed by atoms with Gasteiger partial charge in [0.2, 0.25) is 0 Å². The Kier molecular flexibility index (Phi) is 3.76. The summed E-state index contributed by atoms with van der Waals surface area (Å²) in [6.07, 6.45) is 0. The summed E-state index contributed by atoms with van der Waals surface area (Å²) in [6.45, 7) is 2.10. The van der Waals surface area contributed by atoms with Gasteiger partial charge in [-0.05, 0) is 17.9 Å². The van der Waals surface area contributed by atoms with Crippen molar-refractivity contribution in [3.63, 3.8) is 0 Å². The van der Waals surface area contributed by atoms with Gasteiger partial charge in [-0.1, -0.05) is 24.6 Å². The first kappa shape index (κ1) is 9.75. The summed E-state index contributed by atoms with van der Waals surface area (Å²) in [5.74, 6) is 1.77. The molecule has 0 radical (unpaired) electrons. The van der Waals surface area contributed by atoms with E-state index in [0.29, 0.717) is 5.02 Å². The van der Waals surface area contributed by atoms with Crippen molar-refractivity contribution in [2.45, 2.75) is 11.8 Å². The van der Waals surface area contributed by atoms with E-state index in [9.17, 15) is 0 Å². The zero-order valence-corrected chi connectivity index (χ0v) is 8.71. The highest BCUT2D eigenvalue weighted by molar-refractivity contribution is 7.99. The number of hydrogen-bond acceptors (Lipinski definition) is 2. The lowest BCUT2D eigenvalue weighted by Gasteiger charge is -2.06. The second-order valence-electron chi connectivity index (χ2n) is 2.21. The maximum absolute atomic E-state index is 6.04. The molecule has 0 aliphatic rings. The lowest BCUT2D eigenvalue weighted by molar-refractivity contribution is 0.414. The molecule has 1 nitrogen and oxygen atoms in total. The Morgan fingerprint density at radius 1 is 1.50 bits per heavy atom. The van der Waals surface area contributed by atoms with Crippen LogP contribution in [0.3, 0.4) is 0 Å². The fourth-order valence-corrected chi connectivity index (χ4v) is 2.00. The average molecular weight is 203 g/mol. The molecule has 12 heavy (non-hydrogen) atoms. The third-order valence-electron chi connectivity index (χ3n) is 1.45. The van der Waals surface area contributed by atoms with Gasteiger partial charge in [-0.3, -0.25) is 0 Å². The van der Waals surface area contributed by atoms with Gasteiger partial charge in [0, 0.05) is 4.90 Å². The topological polar surface area (TPSA) is 9.23 Å². The van der Waals surface area contributed by atoms with E-state index in [1.807, 2.05) is 18.2 Å². The maximum Gasteiger partial charge on any atom is 0.138 e. The van der Waals surface area contributed by atoms with Crippen molar-refractivity contribution in [2.24, 2.45) is 0 Å². The minimum Gasteiger partial charge on any atom is -0.495 e. The standard InChI is InChI=1S/C9H11ClOS/c1-3-12-8-6-4-5-7(11-2)9(8)10/h4-6H,3H2,1-2H3. The number of benzene rings is 1. The summed E-state index contributed by atoms with van der Waals surface area (Å²) in [6, 6.07) is 5.81. The van der Waals surface area contributed by atoms with E-state index in [1.165, 1.54) is 0 Å².